The van der Waals surface area contributed by atoms with Crippen molar-refractivity contribution < 1.29 is 14.7 Å². The normalized spacial score (nSPS) is 16.9. The molecule has 1 fully saturated rings. The number of carboxylic acids is 1. The van der Waals surface area contributed by atoms with Crippen molar-refractivity contribution in [3.8, 4) is 0 Å². The fourth-order valence-corrected chi connectivity index (χ4v) is 2.34. The van der Waals surface area contributed by atoms with Crippen LogP contribution in [0.1, 0.15) is 6.42 Å². The van der Waals surface area contributed by atoms with Gasteiger partial charge in [0.1, 0.15) is 5.00 Å². The van der Waals surface area contributed by atoms with E-state index in [1.807, 2.05) is 4.90 Å². The van der Waals surface area contributed by atoms with Gasteiger partial charge in [0, 0.05) is 37.7 Å². The average Bonchev–Trinajstić information content (AvgIpc) is 2.74. The summed E-state index contributed by atoms with van der Waals surface area (Å²) in [6, 6.07) is -0.191. The number of carboxylic acid groups (broad SMARTS) is 1. The van der Waals surface area contributed by atoms with Crippen LogP contribution in [0.5, 0.6) is 0 Å². The van der Waals surface area contributed by atoms with Gasteiger partial charge < -0.3 is 10.0 Å². The number of hydrogen-bond acceptors (Lipinski definition) is 6. The number of urea groups is 1. The van der Waals surface area contributed by atoms with Gasteiger partial charge in [-0.25, -0.2) is 4.79 Å². The molecule has 1 aliphatic rings. The van der Waals surface area contributed by atoms with Crippen LogP contribution in [0.2, 0.25) is 0 Å². The van der Waals surface area contributed by atoms with Gasteiger partial charge in [0.25, 0.3) is 0 Å². The van der Waals surface area contributed by atoms with Crippen LogP contribution >= 0.6 is 11.5 Å². The van der Waals surface area contributed by atoms with E-state index in [4.69, 9.17) is 5.11 Å². The van der Waals surface area contributed by atoms with Gasteiger partial charge in [0.2, 0.25) is 0 Å². The predicted octanol–water partition coefficient (Wildman–Crippen LogP) is 0.162. The van der Waals surface area contributed by atoms with E-state index in [0.29, 0.717) is 31.2 Å². The second kappa shape index (κ2) is 6.43. The molecule has 2 amide bonds. The Balaban J connectivity index is 1.84. The summed E-state index contributed by atoms with van der Waals surface area (Å²) in [5.74, 6) is -0.839. The number of nitrogens with zero attached hydrogens (tertiary/aromatic N) is 4. The van der Waals surface area contributed by atoms with Crippen molar-refractivity contribution in [3.05, 3.63) is 6.20 Å². The SMILES string of the molecule is O=C(O)CN1CCCN(C(=O)Nc2cnns2)CC1. The maximum Gasteiger partial charge on any atom is 0.322 e. The Morgan fingerprint density at radius 2 is 2.21 bits per heavy atom. The van der Waals surface area contributed by atoms with Gasteiger partial charge in [-0.1, -0.05) is 4.49 Å². The highest BCUT2D eigenvalue weighted by atomic mass is 32.1. The molecule has 104 valence electrons. The topological polar surface area (TPSA) is 98.7 Å². The summed E-state index contributed by atoms with van der Waals surface area (Å²) in [5, 5.41) is 15.7. The summed E-state index contributed by atoms with van der Waals surface area (Å²) < 4.78 is 3.67. The molecule has 2 rings (SSSR count). The Bertz CT molecular complexity index is 438. The Morgan fingerprint density at radius 3 is 2.89 bits per heavy atom. The minimum absolute atomic E-state index is 0.0220. The van der Waals surface area contributed by atoms with E-state index in [2.05, 4.69) is 14.9 Å². The highest BCUT2D eigenvalue weighted by molar-refractivity contribution is 7.10. The second-order valence-corrected chi connectivity index (χ2v) is 5.01. The first kappa shape index (κ1) is 13.7. The second-order valence-electron chi connectivity index (χ2n) is 4.22. The van der Waals surface area contributed by atoms with Crippen molar-refractivity contribution in [1.82, 2.24) is 19.4 Å². The summed E-state index contributed by atoms with van der Waals surface area (Å²) in [4.78, 5) is 26.2. The zero-order valence-electron chi connectivity index (χ0n) is 10.3. The van der Waals surface area contributed by atoms with Crippen molar-refractivity contribution in [2.24, 2.45) is 0 Å². The molecule has 19 heavy (non-hydrogen) atoms. The van der Waals surface area contributed by atoms with Gasteiger partial charge in [-0.3, -0.25) is 15.0 Å². The van der Waals surface area contributed by atoms with Gasteiger partial charge in [-0.2, -0.15) is 0 Å². The van der Waals surface area contributed by atoms with Crippen molar-refractivity contribution >= 4 is 28.5 Å². The Hall–Kier alpha value is -1.74. The summed E-state index contributed by atoms with van der Waals surface area (Å²) in [6.45, 7) is 2.42. The van der Waals surface area contributed by atoms with Gasteiger partial charge in [-0.05, 0) is 6.42 Å². The Morgan fingerprint density at radius 1 is 1.37 bits per heavy atom. The van der Waals surface area contributed by atoms with Crippen LogP contribution in [-0.4, -0.2) is 69.2 Å². The third kappa shape index (κ3) is 4.14. The van der Waals surface area contributed by atoms with Crippen LogP contribution in [0.25, 0.3) is 0 Å². The van der Waals surface area contributed by atoms with Crippen LogP contribution in [0.4, 0.5) is 9.80 Å². The molecule has 1 aliphatic heterocycles. The molecule has 2 heterocycles. The fourth-order valence-electron chi connectivity index (χ4n) is 1.93. The lowest BCUT2D eigenvalue weighted by Gasteiger charge is -2.20. The van der Waals surface area contributed by atoms with E-state index >= 15 is 0 Å². The van der Waals surface area contributed by atoms with Crippen LogP contribution in [-0.2, 0) is 4.79 Å². The lowest BCUT2D eigenvalue weighted by Crippen LogP contribution is -2.38. The van der Waals surface area contributed by atoms with E-state index in [1.165, 1.54) is 6.20 Å². The molecule has 0 bridgehead atoms. The van der Waals surface area contributed by atoms with E-state index in [9.17, 15) is 9.59 Å². The number of aliphatic carboxylic acids is 1. The molecule has 1 aromatic heterocycles. The van der Waals surface area contributed by atoms with Crippen LogP contribution in [0.15, 0.2) is 6.20 Å². The van der Waals surface area contributed by atoms with Gasteiger partial charge >= 0.3 is 12.0 Å². The molecular formula is C10H15N5O3S. The zero-order valence-corrected chi connectivity index (χ0v) is 11.1. The number of carbonyl (C=O) groups excluding carboxylic acids is 1. The molecule has 0 saturated carbocycles. The van der Waals surface area contributed by atoms with Gasteiger partial charge in [0.05, 0.1) is 12.7 Å². The molecule has 0 atom stereocenters. The predicted molar refractivity (Wildman–Crippen MR) is 69.2 cm³/mol. The summed E-state index contributed by atoms with van der Waals surface area (Å²) in [7, 11) is 0. The van der Waals surface area contributed by atoms with Gasteiger partial charge in [-0.15, -0.1) is 5.10 Å². The van der Waals surface area contributed by atoms with Crippen LogP contribution < -0.4 is 5.32 Å². The largest absolute Gasteiger partial charge is 0.480 e. The number of rotatable bonds is 3. The summed E-state index contributed by atoms with van der Waals surface area (Å²) >= 11 is 1.12. The molecular weight excluding hydrogens is 270 g/mol. The molecule has 1 saturated heterocycles. The molecule has 0 aromatic carbocycles. The fraction of sp³-hybridized carbons (Fsp3) is 0.600. The maximum absolute atomic E-state index is 12.0. The number of anilines is 1. The average molecular weight is 285 g/mol. The molecule has 0 aliphatic carbocycles. The zero-order chi connectivity index (χ0) is 13.7. The Labute approximate surface area is 114 Å². The minimum atomic E-state index is -0.839. The number of carbonyl (C=O) groups is 2. The number of nitrogens with one attached hydrogen (secondary N) is 1. The lowest BCUT2D eigenvalue weighted by atomic mass is 10.4. The smallest absolute Gasteiger partial charge is 0.322 e. The van der Waals surface area contributed by atoms with Gasteiger partial charge in [0.15, 0.2) is 0 Å². The Kier molecular flexibility index (Phi) is 4.63. The number of aromatic nitrogens is 2. The monoisotopic (exact) mass is 285 g/mol. The highest BCUT2D eigenvalue weighted by Crippen LogP contribution is 2.11. The molecule has 2 N–H and O–H groups in total. The van der Waals surface area contributed by atoms with E-state index in [1.54, 1.807) is 4.90 Å². The first-order valence-corrected chi connectivity index (χ1v) is 6.70. The third-order valence-corrected chi connectivity index (χ3v) is 3.41. The maximum atomic E-state index is 12.0. The lowest BCUT2D eigenvalue weighted by molar-refractivity contribution is -0.138. The minimum Gasteiger partial charge on any atom is -0.480 e. The molecule has 9 heteroatoms. The number of hydrogen-bond donors (Lipinski definition) is 2. The summed E-state index contributed by atoms with van der Waals surface area (Å²) in [6.07, 6.45) is 2.26. The quantitative estimate of drug-likeness (QED) is 0.821. The van der Waals surface area contributed by atoms with Crippen LogP contribution in [0.3, 0.4) is 0 Å². The van der Waals surface area contributed by atoms with E-state index in [0.717, 1.165) is 18.0 Å². The van der Waals surface area contributed by atoms with Crippen molar-refractivity contribution in [2.45, 2.75) is 6.42 Å². The standard InChI is InChI=1S/C10H15N5O3S/c16-9(17)7-14-2-1-3-15(5-4-14)10(18)12-8-6-11-13-19-8/h6H,1-5,7H2,(H,12,18)(H,16,17). The van der Waals surface area contributed by atoms with Crippen molar-refractivity contribution in [2.75, 3.05) is 38.0 Å². The molecule has 0 unspecified atom stereocenters. The third-order valence-electron chi connectivity index (χ3n) is 2.83. The molecule has 1 aromatic rings. The van der Waals surface area contributed by atoms with E-state index < -0.39 is 5.97 Å². The molecule has 0 spiro atoms. The van der Waals surface area contributed by atoms with Crippen molar-refractivity contribution in [3.63, 3.8) is 0 Å². The molecule has 0 radical (unpaired) electrons. The van der Waals surface area contributed by atoms with E-state index in [-0.39, 0.29) is 12.6 Å². The first-order valence-electron chi connectivity index (χ1n) is 5.92. The summed E-state index contributed by atoms with van der Waals surface area (Å²) in [5.41, 5.74) is 0. The highest BCUT2D eigenvalue weighted by Gasteiger charge is 2.20. The molecule has 8 nitrogen and oxygen atoms in total. The van der Waals surface area contributed by atoms with Crippen molar-refractivity contribution in [1.29, 1.82) is 0 Å². The number of amides is 2. The first-order chi connectivity index (χ1) is 9.15. The van der Waals surface area contributed by atoms with Crippen LogP contribution in [0, 0.1) is 0 Å².